The molecular formula is C20H19Cl2N5O2. The van der Waals surface area contributed by atoms with Crippen LogP contribution in [0.15, 0.2) is 42.5 Å². The molecule has 1 aromatic heterocycles. The summed E-state index contributed by atoms with van der Waals surface area (Å²) >= 11 is 11.9. The average Bonchev–Trinajstić information content (AvgIpc) is 3.01. The van der Waals surface area contributed by atoms with Gasteiger partial charge in [0.1, 0.15) is 6.54 Å². The Morgan fingerprint density at radius 2 is 1.76 bits per heavy atom. The summed E-state index contributed by atoms with van der Waals surface area (Å²) in [6, 6.07) is 12.3. The molecule has 3 rings (SSSR count). The highest BCUT2D eigenvalue weighted by molar-refractivity contribution is 6.35. The summed E-state index contributed by atoms with van der Waals surface area (Å²) in [4.78, 5) is 24.9. The number of para-hydroxylation sites is 1. The van der Waals surface area contributed by atoms with Gasteiger partial charge in [0.05, 0.1) is 5.69 Å². The molecule has 0 fully saturated rings. The quantitative estimate of drug-likeness (QED) is 0.606. The van der Waals surface area contributed by atoms with Gasteiger partial charge in [0.15, 0.2) is 5.69 Å². The number of benzene rings is 2. The van der Waals surface area contributed by atoms with Gasteiger partial charge in [-0.25, -0.2) is 4.68 Å². The molecule has 2 N–H and O–H groups in total. The monoisotopic (exact) mass is 431 g/mol. The molecule has 0 aliphatic carbocycles. The first kappa shape index (κ1) is 20.8. The smallest absolute Gasteiger partial charge is 0.278 e. The third-order valence-corrected chi connectivity index (χ3v) is 4.72. The van der Waals surface area contributed by atoms with Crippen molar-refractivity contribution in [3.05, 3.63) is 69.5 Å². The molecule has 0 radical (unpaired) electrons. The second kappa shape index (κ2) is 9.07. The van der Waals surface area contributed by atoms with Crippen LogP contribution >= 0.6 is 23.2 Å². The molecule has 7 nitrogen and oxygen atoms in total. The van der Waals surface area contributed by atoms with Crippen molar-refractivity contribution in [1.82, 2.24) is 15.0 Å². The van der Waals surface area contributed by atoms with E-state index in [1.165, 1.54) is 4.68 Å². The van der Waals surface area contributed by atoms with Crippen molar-refractivity contribution in [3.8, 4) is 0 Å². The first-order chi connectivity index (χ1) is 13.9. The van der Waals surface area contributed by atoms with Gasteiger partial charge in [0, 0.05) is 21.4 Å². The fourth-order valence-corrected chi connectivity index (χ4v) is 3.34. The molecule has 0 saturated carbocycles. The van der Waals surface area contributed by atoms with Crippen molar-refractivity contribution in [2.75, 3.05) is 10.6 Å². The van der Waals surface area contributed by atoms with Crippen LogP contribution in [0.1, 0.15) is 28.7 Å². The van der Waals surface area contributed by atoms with Gasteiger partial charge < -0.3 is 10.6 Å². The minimum atomic E-state index is -0.469. The lowest BCUT2D eigenvalue weighted by Crippen LogP contribution is -2.21. The number of carbonyl (C=O) groups excluding carboxylic acids is 2. The number of nitrogens with zero attached hydrogens (tertiary/aromatic N) is 3. The number of anilines is 2. The molecule has 0 unspecified atom stereocenters. The zero-order valence-corrected chi connectivity index (χ0v) is 17.4. The Labute approximate surface area is 178 Å². The molecule has 0 bridgehead atoms. The van der Waals surface area contributed by atoms with E-state index in [4.69, 9.17) is 23.2 Å². The van der Waals surface area contributed by atoms with Crippen molar-refractivity contribution >= 4 is 46.4 Å². The molecule has 0 aliphatic heterocycles. The molecule has 9 heteroatoms. The Bertz CT molecular complexity index is 1040. The Hall–Kier alpha value is -2.90. The van der Waals surface area contributed by atoms with Crippen LogP contribution in [0.2, 0.25) is 10.0 Å². The summed E-state index contributed by atoms with van der Waals surface area (Å²) in [6.07, 6.45) is 0.802. The Kier molecular flexibility index (Phi) is 6.51. The minimum absolute atomic E-state index is 0.0623. The maximum Gasteiger partial charge on any atom is 0.278 e. The maximum absolute atomic E-state index is 12.5. The number of carbonyl (C=O) groups is 2. The van der Waals surface area contributed by atoms with Crippen LogP contribution in [0.5, 0.6) is 0 Å². The lowest BCUT2D eigenvalue weighted by atomic mass is 10.1. The summed E-state index contributed by atoms with van der Waals surface area (Å²) in [5.41, 5.74) is 2.82. The second-order valence-electron chi connectivity index (χ2n) is 6.35. The molecule has 2 aromatic carbocycles. The molecule has 1 heterocycles. The van der Waals surface area contributed by atoms with Crippen LogP contribution in [0.25, 0.3) is 0 Å². The third-order valence-electron chi connectivity index (χ3n) is 4.28. The van der Waals surface area contributed by atoms with Crippen molar-refractivity contribution in [2.24, 2.45) is 0 Å². The molecule has 0 aliphatic rings. The topological polar surface area (TPSA) is 88.9 Å². The normalized spacial score (nSPS) is 10.6. The van der Waals surface area contributed by atoms with E-state index in [0.717, 1.165) is 17.7 Å². The molecule has 150 valence electrons. The number of hydrogen-bond donors (Lipinski definition) is 2. The van der Waals surface area contributed by atoms with Crippen molar-refractivity contribution < 1.29 is 9.59 Å². The maximum atomic E-state index is 12.5. The highest BCUT2D eigenvalue weighted by Crippen LogP contribution is 2.23. The van der Waals surface area contributed by atoms with E-state index in [1.54, 1.807) is 25.1 Å². The molecule has 0 spiro atoms. The molecule has 0 saturated heterocycles. The predicted octanol–water partition coefficient (Wildman–Crippen LogP) is 4.35. The van der Waals surface area contributed by atoms with Gasteiger partial charge in [-0.15, -0.1) is 5.10 Å². The fraction of sp³-hybridized carbons (Fsp3) is 0.200. The predicted molar refractivity (Wildman–Crippen MR) is 114 cm³/mol. The van der Waals surface area contributed by atoms with Crippen LogP contribution in [-0.4, -0.2) is 26.8 Å². The lowest BCUT2D eigenvalue weighted by Gasteiger charge is -2.10. The third kappa shape index (κ3) is 5.13. The van der Waals surface area contributed by atoms with Crippen LogP contribution in [0.4, 0.5) is 11.4 Å². The summed E-state index contributed by atoms with van der Waals surface area (Å²) in [5.74, 6) is -0.726. The standard InChI is InChI=1S/C20H19Cl2N5O2/c1-3-13-6-4-5-7-17(13)24-18(28)11-27-12(2)19(25-26-27)20(29)23-16-9-14(21)8-15(22)10-16/h4-10H,3,11H2,1-2H3,(H,23,29)(H,24,28). The van der Waals surface area contributed by atoms with Gasteiger partial charge in [-0.2, -0.15) is 0 Å². The number of nitrogens with one attached hydrogen (secondary N) is 2. The molecule has 29 heavy (non-hydrogen) atoms. The second-order valence-corrected chi connectivity index (χ2v) is 7.23. The van der Waals surface area contributed by atoms with Gasteiger partial charge in [0.25, 0.3) is 5.91 Å². The Morgan fingerprint density at radius 1 is 1.07 bits per heavy atom. The lowest BCUT2D eigenvalue weighted by molar-refractivity contribution is -0.117. The Balaban J connectivity index is 1.70. The summed E-state index contributed by atoms with van der Waals surface area (Å²) in [7, 11) is 0. The van der Waals surface area contributed by atoms with Crippen molar-refractivity contribution in [2.45, 2.75) is 26.8 Å². The van der Waals surface area contributed by atoms with Crippen molar-refractivity contribution in [1.29, 1.82) is 0 Å². The van der Waals surface area contributed by atoms with E-state index in [-0.39, 0.29) is 18.1 Å². The SMILES string of the molecule is CCc1ccccc1NC(=O)Cn1nnc(C(=O)Nc2cc(Cl)cc(Cl)c2)c1C. The molecule has 0 atom stereocenters. The average molecular weight is 432 g/mol. The number of aryl methyl sites for hydroxylation is 1. The Morgan fingerprint density at radius 3 is 2.45 bits per heavy atom. The van der Waals surface area contributed by atoms with Crippen LogP contribution < -0.4 is 10.6 Å². The first-order valence-corrected chi connectivity index (χ1v) is 9.68. The zero-order valence-electron chi connectivity index (χ0n) is 15.9. The van der Waals surface area contributed by atoms with Gasteiger partial charge in [0.2, 0.25) is 5.91 Å². The van der Waals surface area contributed by atoms with E-state index in [9.17, 15) is 9.59 Å². The van der Waals surface area contributed by atoms with E-state index in [1.807, 2.05) is 31.2 Å². The number of aromatic nitrogens is 3. The molecule has 2 amide bonds. The largest absolute Gasteiger partial charge is 0.324 e. The van der Waals surface area contributed by atoms with Gasteiger partial charge in [-0.05, 0) is 43.2 Å². The van der Waals surface area contributed by atoms with Crippen LogP contribution in [-0.2, 0) is 17.8 Å². The van der Waals surface area contributed by atoms with Crippen LogP contribution in [0.3, 0.4) is 0 Å². The van der Waals surface area contributed by atoms with Crippen LogP contribution in [0, 0.1) is 6.92 Å². The summed E-state index contributed by atoms with van der Waals surface area (Å²) in [6.45, 7) is 3.63. The van der Waals surface area contributed by atoms with E-state index in [2.05, 4.69) is 20.9 Å². The molecule has 3 aromatic rings. The summed E-state index contributed by atoms with van der Waals surface area (Å²) < 4.78 is 1.38. The van der Waals surface area contributed by atoms with E-state index < -0.39 is 5.91 Å². The first-order valence-electron chi connectivity index (χ1n) is 8.92. The van der Waals surface area contributed by atoms with Gasteiger partial charge in [-0.3, -0.25) is 9.59 Å². The summed E-state index contributed by atoms with van der Waals surface area (Å²) in [5, 5.41) is 14.2. The minimum Gasteiger partial charge on any atom is -0.324 e. The fourth-order valence-electron chi connectivity index (χ4n) is 2.81. The number of amides is 2. The van der Waals surface area contributed by atoms with Crippen molar-refractivity contribution in [3.63, 3.8) is 0 Å². The number of rotatable bonds is 6. The van der Waals surface area contributed by atoms with Gasteiger partial charge >= 0.3 is 0 Å². The van der Waals surface area contributed by atoms with E-state index >= 15 is 0 Å². The number of halogens is 2. The van der Waals surface area contributed by atoms with E-state index in [0.29, 0.717) is 21.4 Å². The van der Waals surface area contributed by atoms with Gasteiger partial charge in [-0.1, -0.05) is 53.5 Å². The number of hydrogen-bond acceptors (Lipinski definition) is 4. The zero-order chi connectivity index (χ0) is 21.0. The highest BCUT2D eigenvalue weighted by atomic mass is 35.5. The molecular weight excluding hydrogens is 413 g/mol. The highest BCUT2D eigenvalue weighted by Gasteiger charge is 2.18.